The minimum atomic E-state index is 0.0977. The second kappa shape index (κ2) is 7.94. The molecule has 0 spiro atoms. The van der Waals surface area contributed by atoms with Crippen molar-refractivity contribution in [2.75, 3.05) is 38.7 Å². The molecule has 0 aliphatic carbocycles. The average molecular weight is 372 g/mol. The van der Waals surface area contributed by atoms with Crippen LogP contribution in [0.5, 0.6) is 5.88 Å². The third-order valence-electron chi connectivity index (χ3n) is 5.36. The summed E-state index contributed by atoms with van der Waals surface area (Å²) in [5.74, 6) is 1.89. The molecule has 8 heteroatoms. The molecule has 1 amide bonds. The van der Waals surface area contributed by atoms with Crippen LogP contribution in [0, 0.1) is 19.8 Å². The highest BCUT2D eigenvalue weighted by Gasteiger charge is 2.28. The lowest BCUT2D eigenvalue weighted by Crippen LogP contribution is -2.41. The fourth-order valence-corrected chi connectivity index (χ4v) is 3.76. The number of piperidine rings is 1. The predicted molar refractivity (Wildman–Crippen MR) is 103 cm³/mol. The molecule has 0 atom stereocenters. The Bertz CT molecular complexity index is 811. The number of carbonyl (C=O) groups excluding carboxylic acids is 1. The van der Waals surface area contributed by atoms with Gasteiger partial charge in [-0.2, -0.15) is 5.10 Å². The van der Waals surface area contributed by atoms with E-state index in [1.165, 1.54) is 0 Å². The molecule has 8 nitrogen and oxygen atoms in total. The number of methoxy groups -OCH3 is 1. The Morgan fingerprint density at radius 1 is 1.26 bits per heavy atom. The molecule has 0 bridgehead atoms. The summed E-state index contributed by atoms with van der Waals surface area (Å²) in [4.78, 5) is 25.6. The molecule has 0 aromatic carbocycles. The van der Waals surface area contributed by atoms with Gasteiger partial charge < -0.3 is 14.5 Å². The monoisotopic (exact) mass is 372 g/mol. The van der Waals surface area contributed by atoms with Gasteiger partial charge in [-0.3, -0.25) is 9.48 Å². The van der Waals surface area contributed by atoms with Crippen molar-refractivity contribution >= 4 is 11.7 Å². The van der Waals surface area contributed by atoms with E-state index in [9.17, 15) is 4.79 Å². The molecule has 0 radical (unpaired) electrons. The number of amides is 1. The minimum absolute atomic E-state index is 0.0977. The number of anilines is 1. The van der Waals surface area contributed by atoms with Crippen LogP contribution in [-0.4, -0.2) is 64.3 Å². The van der Waals surface area contributed by atoms with Crippen LogP contribution in [0.2, 0.25) is 0 Å². The lowest BCUT2D eigenvalue weighted by molar-refractivity contribution is 0.0691. The normalized spacial score (nSPS) is 15.1. The van der Waals surface area contributed by atoms with Crippen LogP contribution in [-0.2, 0) is 7.05 Å². The molecule has 1 saturated heterocycles. The van der Waals surface area contributed by atoms with Gasteiger partial charge in [-0.25, -0.2) is 9.97 Å². The van der Waals surface area contributed by atoms with Crippen LogP contribution < -0.4 is 9.64 Å². The minimum Gasteiger partial charge on any atom is -0.478 e. The van der Waals surface area contributed by atoms with Gasteiger partial charge in [0.05, 0.1) is 18.4 Å². The van der Waals surface area contributed by atoms with Crippen molar-refractivity contribution in [1.82, 2.24) is 24.6 Å². The number of carbonyl (C=O) groups is 1. The van der Waals surface area contributed by atoms with Gasteiger partial charge in [0.1, 0.15) is 0 Å². The van der Waals surface area contributed by atoms with E-state index in [1.54, 1.807) is 24.2 Å². The van der Waals surface area contributed by atoms with Gasteiger partial charge in [0.15, 0.2) is 5.82 Å². The molecule has 0 unspecified atom stereocenters. The van der Waals surface area contributed by atoms with Gasteiger partial charge in [-0.1, -0.05) is 0 Å². The third kappa shape index (κ3) is 3.89. The molecule has 3 rings (SSSR count). The highest BCUT2D eigenvalue weighted by atomic mass is 16.5. The van der Waals surface area contributed by atoms with Crippen molar-refractivity contribution in [2.24, 2.45) is 13.0 Å². The second-order valence-electron chi connectivity index (χ2n) is 7.17. The number of aryl methyl sites for hydroxylation is 2. The molecule has 1 aliphatic heterocycles. The summed E-state index contributed by atoms with van der Waals surface area (Å²) in [6.07, 6.45) is 5.24. The van der Waals surface area contributed by atoms with Gasteiger partial charge in [-0.05, 0) is 32.6 Å². The average Bonchev–Trinajstić information content (AvgIpc) is 2.93. The van der Waals surface area contributed by atoms with Crippen molar-refractivity contribution in [3.05, 3.63) is 29.3 Å². The fourth-order valence-electron chi connectivity index (χ4n) is 3.76. The first-order valence-electron chi connectivity index (χ1n) is 9.28. The van der Waals surface area contributed by atoms with Gasteiger partial charge >= 0.3 is 0 Å². The maximum Gasteiger partial charge on any atom is 0.257 e. The van der Waals surface area contributed by atoms with Crippen LogP contribution in [0.15, 0.2) is 12.4 Å². The molecule has 2 aromatic heterocycles. The van der Waals surface area contributed by atoms with Crippen molar-refractivity contribution in [2.45, 2.75) is 26.7 Å². The highest BCUT2D eigenvalue weighted by Crippen LogP contribution is 2.26. The summed E-state index contributed by atoms with van der Waals surface area (Å²) < 4.78 is 7.08. The number of ether oxygens (including phenoxy) is 1. The number of hydrogen-bond acceptors (Lipinski definition) is 6. The SMILES string of the molecule is COc1nccnc1N(C)CC1CCN(C(=O)c2c(C)nn(C)c2C)CC1. The van der Waals surface area contributed by atoms with E-state index in [0.29, 0.717) is 11.8 Å². The zero-order valence-electron chi connectivity index (χ0n) is 16.8. The first-order valence-corrected chi connectivity index (χ1v) is 9.28. The molecule has 3 heterocycles. The maximum absolute atomic E-state index is 12.9. The molecule has 146 valence electrons. The Morgan fingerprint density at radius 3 is 2.52 bits per heavy atom. The summed E-state index contributed by atoms with van der Waals surface area (Å²) >= 11 is 0. The molecule has 1 aliphatic rings. The van der Waals surface area contributed by atoms with Gasteiger partial charge in [0.25, 0.3) is 11.8 Å². The molecule has 2 aromatic rings. The second-order valence-corrected chi connectivity index (χ2v) is 7.17. The van der Waals surface area contributed by atoms with E-state index in [1.807, 2.05) is 32.8 Å². The number of hydrogen-bond donors (Lipinski definition) is 0. The maximum atomic E-state index is 12.9. The molecular weight excluding hydrogens is 344 g/mol. The summed E-state index contributed by atoms with van der Waals surface area (Å²) in [5, 5.41) is 4.37. The lowest BCUT2D eigenvalue weighted by Gasteiger charge is -2.34. The first kappa shape index (κ1) is 19.1. The van der Waals surface area contributed by atoms with E-state index >= 15 is 0 Å². The van der Waals surface area contributed by atoms with Crippen molar-refractivity contribution in [1.29, 1.82) is 0 Å². The molecule has 27 heavy (non-hydrogen) atoms. The summed E-state index contributed by atoms with van der Waals surface area (Å²) in [6, 6.07) is 0. The Hall–Kier alpha value is -2.64. The third-order valence-corrected chi connectivity index (χ3v) is 5.36. The predicted octanol–water partition coefficient (Wildman–Crippen LogP) is 1.82. The Morgan fingerprint density at radius 2 is 1.93 bits per heavy atom. The highest BCUT2D eigenvalue weighted by molar-refractivity contribution is 5.96. The zero-order valence-corrected chi connectivity index (χ0v) is 16.8. The van der Waals surface area contributed by atoms with Crippen LogP contribution >= 0.6 is 0 Å². The molecular formula is C19H28N6O2. The summed E-state index contributed by atoms with van der Waals surface area (Å²) in [7, 11) is 5.49. The van der Waals surface area contributed by atoms with Crippen molar-refractivity contribution in [3.8, 4) is 5.88 Å². The quantitative estimate of drug-likeness (QED) is 0.797. The van der Waals surface area contributed by atoms with Crippen molar-refractivity contribution in [3.63, 3.8) is 0 Å². The molecule has 0 saturated carbocycles. The van der Waals surface area contributed by atoms with Crippen LogP contribution in [0.3, 0.4) is 0 Å². The molecule has 0 N–H and O–H groups in total. The van der Waals surface area contributed by atoms with Crippen LogP contribution in [0.4, 0.5) is 5.82 Å². The zero-order chi connectivity index (χ0) is 19.6. The van der Waals surface area contributed by atoms with Gasteiger partial charge in [0, 0.05) is 51.8 Å². The Balaban J connectivity index is 1.59. The first-order chi connectivity index (χ1) is 12.9. The van der Waals surface area contributed by atoms with Crippen LogP contribution in [0.25, 0.3) is 0 Å². The van der Waals surface area contributed by atoms with E-state index in [0.717, 1.165) is 55.2 Å². The topological polar surface area (TPSA) is 76.4 Å². The summed E-state index contributed by atoms with van der Waals surface area (Å²) in [6.45, 7) is 6.24. The Labute approximate surface area is 160 Å². The number of aromatic nitrogens is 4. The molecule has 1 fully saturated rings. The van der Waals surface area contributed by atoms with E-state index in [4.69, 9.17) is 4.74 Å². The fraction of sp³-hybridized carbons (Fsp3) is 0.579. The van der Waals surface area contributed by atoms with Gasteiger partial charge in [0.2, 0.25) is 0 Å². The standard InChI is InChI=1S/C19H28N6O2/c1-13-16(14(2)24(4)22-13)19(26)25-10-6-15(7-11-25)12-23(3)17-18(27-5)21-9-8-20-17/h8-9,15H,6-7,10-12H2,1-5H3. The number of likely N-dealkylation sites (tertiary alicyclic amines) is 1. The van der Waals surface area contributed by atoms with Gasteiger partial charge in [-0.15, -0.1) is 0 Å². The van der Waals surface area contributed by atoms with E-state index in [-0.39, 0.29) is 5.91 Å². The van der Waals surface area contributed by atoms with E-state index < -0.39 is 0 Å². The van der Waals surface area contributed by atoms with Crippen molar-refractivity contribution < 1.29 is 9.53 Å². The summed E-state index contributed by atoms with van der Waals surface area (Å²) in [5.41, 5.74) is 2.48. The number of nitrogens with zero attached hydrogens (tertiary/aromatic N) is 6. The smallest absolute Gasteiger partial charge is 0.257 e. The van der Waals surface area contributed by atoms with E-state index in [2.05, 4.69) is 20.0 Å². The largest absolute Gasteiger partial charge is 0.478 e. The number of rotatable bonds is 5. The Kier molecular flexibility index (Phi) is 5.62. The lowest BCUT2D eigenvalue weighted by atomic mass is 9.95. The van der Waals surface area contributed by atoms with Crippen LogP contribution in [0.1, 0.15) is 34.6 Å².